The molecule has 0 unspecified atom stereocenters. The molecule has 5 heteroatoms. The molecule has 0 radical (unpaired) electrons. The van der Waals surface area contributed by atoms with Gasteiger partial charge in [0.15, 0.2) is 0 Å². The van der Waals surface area contributed by atoms with Crippen molar-refractivity contribution in [3.8, 4) is 0 Å². The van der Waals surface area contributed by atoms with Gasteiger partial charge in [0.1, 0.15) is 0 Å². The molecule has 1 saturated heterocycles. The van der Waals surface area contributed by atoms with Gasteiger partial charge in [-0.2, -0.15) is 0 Å². The van der Waals surface area contributed by atoms with E-state index in [1.54, 1.807) is 32.3 Å². The molecule has 1 aliphatic carbocycles. The zero-order valence-electron chi connectivity index (χ0n) is 14.3. The molecule has 2 aliphatic rings. The van der Waals surface area contributed by atoms with E-state index in [-0.39, 0.29) is 0 Å². The van der Waals surface area contributed by atoms with Crippen LogP contribution in [0.3, 0.4) is 0 Å². The first-order valence-corrected chi connectivity index (χ1v) is 8.39. The maximum Gasteiger partial charge on any atom is 0.0645 e. The van der Waals surface area contributed by atoms with E-state index in [1.807, 2.05) is 0 Å². The van der Waals surface area contributed by atoms with Gasteiger partial charge in [-0.3, -0.25) is 4.99 Å². The first-order chi connectivity index (χ1) is 11.0. The maximum atomic E-state index is 8.13. The van der Waals surface area contributed by atoms with Crippen molar-refractivity contribution in [1.82, 2.24) is 5.32 Å². The Bertz CT molecular complexity index is 538. The van der Waals surface area contributed by atoms with Gasteiger partial charge in [-0.1, -0.05) is 0 Å². The number of nitrogens with two attached hydrogens (primary N) is 1. The van der Waals surface area contributed by atoms with Gasteiger partial charge in [0, 0.05) is 30.2 Å². The van der Waals surface area contributed by atoms with Crippen LogP contribution in [0, 0.1) is 22.2 Å². The maximum absolute atomic E-state index is 8.13. The summed E-state index contributed by atoms with van der Waals surface area (Å²) in [6.45, 7) is 4.05. The van der Waals surface area contributed by atoms with Gasteiger partial charge in [-0.25, -0.2) is 0 Å². The van der Waals surface area contributed by atoms with Gasteiger partial charge in [0.25, 0.3) is 0 Å². The fourth-order valence-corrected chi connectivity index (χ4v) is 3.84. The molecule has 0 aromatic heterocycles. The minimum atomic E-state index is 0.309. The van der Waals surface area contributed by atoms with Gasteiger partial charge in [0.05, 0.1) is 5.71 Å². The molecule has 2 fully saturated rings. The summed E-state index contributed by atoms with van der Waals surface area (Å²) in [7, 11) is 1.66. The smallest absolute Gasteiger partial charge is 0.0645 e. The van der Waals surface area contributed by atoms with Crippen molar-refractivity contribution in [2.75, 3.05) is 20.1 Å². The summed E-state index contributed by atoms with van der Waals surface area (Å²) in [5.41, 5.74) is 8.45. The summed E-state index contributed by atoms with van der Waals surface area (Å²) in [6.07, 6.45) is 10.9. The molecule has 23 heavy (non-hydrogen) atoms. The third kappa shape index (κ3) is 4.61. The van der Waals surface area contributed by atoms with E-state index < -0.39 is 0 Å². The molecule has 1 heterocycles. The average molecular weight is 315 g/mol. The van der Waals surface area contributed by atoms with Gasteiger partial charge in [0.2, 0.25) is 0 Å². The van der Waals surface area contributed by atoms with Crippen molar-refractivity contribution < 1.29 is 0 Å². The van der Waals surface area contributed by atoms with Gasteiger partial charge in [-0.15, -0.1) is 0 Å². The Morgan fingerprint density at radius 3 is 2.48 bits per heavy atom. The van der Waals surface area contributed by atoms with E-state index in [1.165, 1.54) is 25.7 Å². The Morgan fingerprint density at radius 1 is 1.26 bits per heavy atom. The number of hydrogen-bond donors (Lipinski definition) is 4. The molecular weight excluding hydrogens is 286 g/mol. The molecule has 2 rings (SSSR count). The van der Waals surface area contributed by atoms with Crippen LogP contribution in [0.25, 0.3) is 0 Å². The van der Waals surface area contributed by atoms with Crippen molar-refractivity contribution in [2.24, 2.45) is 22.1 Å². The molecular formula is C18H29N5. The Balaban J connectivity index is 1.81. The highest BCUT2D eigenvalue weighted by molar-refractivity contribution is 6.21. The van der Waals surface area contributed by atoms with E-state index in [0.717, 1.165) is 19.5 Å². The van der Waals surface area contributed by atoms with Crippen LogP contribution in [-0.4, -0.2) is 37.8 Å². The van der Waals surface area contributed by atoms with Crippen LogP contribution >= 0.6 is 0 Å². The monoisotopic (exact) mass is 315 g/mol. The molecule has 5 N–H and O–H groups in total. The molecule has 1 spiro atoms. The molecule has 5 nitrogen and oxygen atoms in total. The van der Waals surface area contributed by atoms with Crippen molar-refractivity contribution in [3.05, 3.63) is 23.4 Å². The fraction of sp³-hybridized carbons (Fsp3) is 0.611. The Labute approximate surface area is 139 Å². The van der Waals surface area contributed by atoms with Crippen molar-refractivity contribution in [1.29, 1.82) is 10.8 Å². The van der Waals surface area contributed by atoms with Crippen LogP contribution in [0.15, 0.2) is 28.4 Å². The summed E-state index contributed by atoms with van der Waals surface area (Å²) in [6, 6.07) is 0. The van der Waals surface area contributed by atoms with Gasteiger partial charge in [-0.05, 0) is 75.6 Å². The third-order valence-electron chi connectivity index (χ3n) is 5.04. The Kier molecular flexibility index (Phi) is 5.88. The topological polar surface area (TPSA) is 98.1 Å². The molecule has 1 saturated carbocycles. The Hall–Kier alpha value is -1.75. The van der Waals surface area contributed by atoms with Crippen molar-refractivity contribution >= 4 is 17.6 Å². The lowest BCUT2D eigenvalue weighted by atomic mass is 9.57. The number of rotatable bonds is 6. The number of hydrogen-bond acceptors (Lipinski definition) is 5. The number of nitrogens with zero attached hydrogens (tertiary/aromatic N) is 1. The molecule has 126 valence electrons. The standard InChI is InChI=1S/C18H29N5/c1-13(19)16(12-22-2)17(21)4-3-15(20)9-14-10-18(11-14)5-7-23-8-6-18/h3-4,12,14,20-21,23H,5-11,19H2,1-2H3/b4-3-,16-13?,20-15?,21-17?,22-12?. The zero-order valence-corrected chi connectivity index (χ0v) is 14.3. The number of piperidine rings is 1. The molecule has 0 bridgehead atoms. The molecule has 0 amide bonds. The minimum Gasteiger partial charge on any atom is -0.402 e. The van der Waals surface area contributed by atoms with Crippen molar-refractivity contribution in [3.63, 3.8) is 0 Å². The van der Waals surface area contributed by atoms with E-state index >= 15 is 0 Å². The zero-order chi connectivity index (χ0) is 16.9. The van der Waals surface area contributed by atoms with Gasteiger partial charge >= 0.3 is 0 Å². The first-order valence-electron chi connectivity index (χ1n) is 8.39. The van der Waals surface area contributed by atoms with E-state index in [9.17, 15) is 0 Å². The highest BCUT2D eigenvalue weighted by atomic mass is 14.9. The van der Waals surface area contributed by atoms with Gasteiger partial charge < -0.3 is 21.9 Å². The summed E-state index contributed by atoms with van der Waals surface area (Å²) in [5.74, 6) is 0.642. The van der Waals surface area contributed by atoms with Crippen LogP contribution in [0.2, 0.25) is 0 Å². The van der Waals surface area contributed by atoms with Crippen molar-refractivity contribution in [2.45, 2.75) is 39.0 Å². The lowest BCUT2D eigenvalue weighted by Crippen LogP contribution is -2.45. The van der Waals surface area contributed by atoms with Crippen LogP contribution in [0.1, 0.15) is 39.0 Å². The molecule has 0 atom stereocenters. The lowest BCUT2D eigenvalue weighted by molar-refractivity contribution is 0.0256. The lowest BCUT2D eigenvalue weighted by Gasteiger charge is -2.50. The van der Waals surface area contributed by atoms with Crippen LogP contribution < -0.4 is 11.1 Å². The summed E-state index contributed by atoms with van der Waals surface area (Å²) >= 11 is 0. The minimum absolute atomic E-state index is 0.309. The first kappa shape index (κ1) is 17.6. The van der Waals surface area contributed by atoms with Crippen LogP contribution in [-0.2, 0) is 0 Å². The number of aliphatic imine (C=N–C) groups is 1. The predicted octanol–water partition coefficient (Wildman–Crippen LogP) is 2.69. The second-order valence-electron chi connectivity index (χ2n) is 6.98. The van der Waals surface area contributed by atoms with E-state index in [2.05, 4.69) is 10.3 Å². The predicted molar refractivity (Wildman–Crippen MR) is 97.8 cm³/mol. The number of nitrogens with one attached hydrogen (secondary N) is 3. The quantitative estimate of drug-likeness (QED) is 0.567. The second-order valence-corrected chi connectivity index (χ2v) is 6.98. The largest absolute Gasteiger partial charge is 0.402 e. The van der Waals surface area contributed by atoms with Crippen LogP contribution in [0.4, 0.5) is 0 Å². The normalized spacial score (nSPS) is 22.3. The Morgan fingerprint density at radius 2 is 1.91 bits per heavy atom. The summed E-state index contributed by atoms with van der Waals surface area (Å²) in [4.78, 5) is 3.93. The SMILES string of the molecule is CN=CC(C(=N)/C=C\C(=N)CC1CC2(CCNCC2)C1)=C(C)N. The van der Waals surface area contributed by atoms with E-state index in [0.29, 0.717) is 34.0 Å². The summed E-state index contributed by atoms with van der Waals surface area (Å²) in [5, 5.41) is 19.6. The molecule has 0 aromatic rings. The number of allylic oxidation sites excluding steroid dienone is 4. The van der Waals surface area contributed by atoms with Crippen LogP contribution in [0.5, 0.6) is 0 Å². The van der Waals surface area contributed by atoms with E-state index in [4.69, 9.17) is 16.6 Å². The average Bonchev–Trinajstić information content (AvgIpc) is 2.49. The molecule has 1 aliphatic heterocycles. The highest BCUT2D eigenvalue weighted by Crippen LogP contribution is 2.52. The molecule has 0 aromatic carbocycles. The second kappa shape index (κ2) is 7.68. The fourth-order valence-electron chi connectivity index (χ4n) is 3.84. The highest BCUT2D eigenvalue weighted by Gasteiger charge is 2.44. The third-order valence-corrected chi connectivity index (χ3v) is 5.04. The summed E-state index contributed by atoms with van der Waals surface area (Å²) < 4.78 is 0.